The molecule has 2 atom stereocenters. The van der Waals surface area contributed by atoms with Crippen LogP contribution in [0.3, 0.4) is 0 Å². The second-order valence-electron chi connectivity index (χ2n) is 6.71. The first-order valence-corrected chi connectivity index (χ1v) is 9.36. The van der Waals surface area contributed by atoms with E-state index in [-0.39, 0.29) is 30.4 Å². The van der Waals surface area contributed by atoms with Crippen LogP contribution in [-0.2, 0) is 16.0 Å². The number of anilines is 1. The highest BCUT2D eigenvalue weighted by Crippen LogP contribution is 2.35. The van der Waals surface area contributed by atoms with Crippen molar-refractivity contribution in [3.05, 3.63) is 35.7 Å². The number of ether oxygens (including phenoxy) is 2. The maximum Gasteiger partial charge on any atom is 0.407 e. The summed E-state index contributed by atoms with van der Waals surface area (Å²) in [6.07, 6.45) is 3.79. The molecule has 2 heterocycles. The molecule has 0 spiro atoms. The summed E-state index contributed by atoms with van der Waals surface area (Å²) in [6.45, 7) is 2.40. The molecule has 3 rings (SSSR count). The van der Waals surface area contributed by atoms with Crippen LogP contribution >= 0.6 is 0 Å². The summed E-state index contributed by atoms with van der Waals surface area (Å²) >= 11 is 0. The number of pyridine rings is 1. The highest BCUT2D eigenvalue weighted by atomic mass is 16.6. The predicted molar refractivity (Wildman–Crippen MR) is 102 cm³/mol. The molecule has 1 fully saturated rings. The van der Waals surface area contributed by atoms with Crippen LogP contribution in [0.1, 0.15) is 43.4 Å². The minimum atomic E-state index is -0.376. The van der Waals surface area contributed by atoms with E-state index in [9.17, 15) is 9.59 Å². The number of hydrogen-bond acceptors (Lipinski definition) is 6. The third kappa shape index (κ3) is 5.21. The van der Waals surface area contributed by atoms with Crippen LogP contribution in [0.2, 0.25) is 0 Å². The van der Waals surface area contributed by atoms with Gasteiger partial charge in [0.2, 0.25) is 11.8 Å². The molecule has 9 nitrogen and oxygen atoms in total. The van der Waals surface area contributed by atoms with Gasteiger partial charge in [0.05, 0.1) is 13.5 Å². The summed E-state index contributed by atoms with van der Waals surface area (Å²) in [5, 5.41) is 12.6. The molecule has 2 amide bonds. The lowest BCUT2D eigenvalue weighted by Gasteiger charge is -2.12. The van der Waals surface area contributed by atoms with Crippen molar-refractivity contribution in [1.29, 1.82) is 0 Å². The second kappa shape index (κ2) is 9.20. The lowest BCUT2D eigenvalue weighted by molar-refractivity contribution is -0.115. The van der Waals surface area contributed by atoms with Crippen LogP contribution in [-0.4, -0.2) is 46.9 Å². The third-order valence-electron chi connectivity index (χ3n) is 4.66. The molecule has 1 saturated carbocycles. The van der Waals surface area contributed by atoms with Crippen molar-refractivity contribution < 1.29 is 19.1 Å². The molecule has 0 radical (unpaired) electrons. The molecule has 0 aliphatic heterocycles. The minimum absolute atomic E-state index is 0.0968. The van der Waals surface area contributed by atoms with Crippen molar-refractivity contribution in [2.24, 2.45) is 0 Å². The van der Waals surface area contributed by atoms with E-state index in [1.807, 2.05) is 13.0 Å². The number of H-pyrrole nitrogens is 1. The fourth-order valence-corrected chi connectivity index (χ4v) is 3.29. The lowest BCUT2D eigenvalue weighted by Crippen LogP contribution is -2.27. The normalized spacial score (nSPS) is 18.5. The van der Waals surface area contributed by atoms with E-state index in [0.717, 1.165) is 30.5 Å². The fraction of sp³-hybridized carbons (Fsp3) is 0.474. The predicted octanol–water partition coefficient (Wildman–Crippen LogP) is 2.38. The molecule has 3 N–H and O–H groups in total. The molecular weight excluding hydrogens is 362 g/mol. The van der Waals surface area contributed by atoms with E-state index in [1.165, 1.54) is 0 Å². The van der Waals surface area contributed by atoms with Gasteiger partial charge >= 0.3 is 6.09 Å². The zero-order valence-corrected chi connectivity index (χ0v) is 16.0. The summed E-state index contributed by atoms with van der Waals surface area (Å²) in [5.74, 6) is 1.04. The number of amides is 2. The molecule has 1 aliphatic rings. The average Bonchev–Trinajstić information content (AvgIpc) is 3.32. The molecule has 150 valence electrons. The topological polar surface area (TPSA) is 118 Å². The Morgan fingerprint density at radius 2 is 2.18 bits per heavy atom. The van der Waals surface area contributed by atoms with Gasteiger partial charge in [-0.1, -0.05) is 6.07 Å². The number of carbonyl (C=O) groups is 2. The van der Waals surface area contributed by atoms with Crippen LogP contribution < -0.4 is 15.4 Å². The Bertz CT molecular complexity index is 805. The molecule has 1 aliphatic carbocycles. The van der Waals surface area contributed by atoms with E-state index in [4.69, 9.17) is 9.47 Å². The number of aromatic nitrogens is 3. The number of hydrogen-bond donors (Lipinski definition) is 3. The molecule has 0 saturated heterocycles. The summed E-state index contributed by atoms with van der Waals surface area (Å²) in [7, 11) is 1.54. The first-order valence-electron chi connectivity index (χ1n) is 9.36. The van der Waals surface area contributed by atoms with Crippen molar-refractivity contribution in [3.8, 4) is 5.88 Å². The van der Waals surface area contributed by atoms with Crippen molar-refractivity contribution in [2.75, 3.05) is 19.0 Å². The van der Waals surface area contributed by atoms with Crippen LogP contribution in [0.5, 0.6) is 5.88 Å². The molecule has 0 unspecified atom stereocenters. The number of nitrogens with zero attached hydrogens (tertiary/aromatic N) is 2. The first-order chi connectivity index (χ1) is 13.6. The minimum Gasteiger partial charge on any atom is -0.481 e. The summed E-state index contributed by atoms with van der Waals surface area (Å²) < 4.78 is 10.4. The lowest BCUT2D eigenvalue weighted by atomic mass is 10.0. The Balaban J connectivity index is 1.49. The van der Waals surface area contributed by atoms with Gasteiger partial charge in [-0.3, -0.25) is 9.89 Å². The van der Waals surface area contributed by atoms with Gasteiger partial charge in [-0.2, -0.15) is 5.10 Å². The van der Waals surface area contributed by atoms with Crippen molar-refractivity contribution in [1.82, 2.24) is 20.5 Å². The van der Waals surface area contributed by atoms with E-state index >= 15 is 0 Å². The fourth-order valence-electron chi connectivity index (χ4n) is 3.29. The molecule has 0 bridgehead atoms. The van der Waals surface area contributed by atoms with E-state index in [1.54, 1.807) is 25.4 Å². The van der Waals surface area contributed by atoms with E-state index < -0.39 is 0 Å². The van der Waals surface area contributed by atoms with Crippen LogP contribution in [0.25, 0.3) is 0 Å². The quantitative estimate of drug-likeness (QED) is 0.671. The molecule has 9 heteroatoms. The summed E-state index contributed by atoms with van der Waals surface area (Å²) in [4.78, 5) is 27.8. The zero-order chi connectivity index (χ0) is 19.9. The van der Waals surface area contributed by atoms with Crippen molar-refractivity contribution >= 4 is 17.8 Å². The number of aromatic amines is 1. The molecule has 0 aromatic carbocycles. The van der Waals surface area contributed by atoms with E-state index in [2.05, 4.69) is 25.8 Å². The third-order valence-corrected chi connectivity index (χ3v) is 4.66. The van der Waals surface area contributed by atoms with Gasteiger partial charge in [0, 0.05) is 36.5 Å². The maximum absolute atomic E-state index is 12.2. The molecule has 2 aromatic rings. The van der Waals surface area contributed by atoms with Gasteiger partial charge in [0.25, 0.3) is 0 Å². The molecule has 28 heavy (non-hydrogen) atoms. The largest absolute Gasteiger partial charge is 0.481 e. The van der Waals surface area contributed by atoms with Gasteiger partial charge in [-0.05, 0) is 31.7 Å². The second-order valence-corrected chi connectivity index (χ2v) is 6.71. The SMILES string of the molecule is CCNC(=O)O[C@@H]1CC[C@H](c2cc(NC(=O)Cc3ccc(OC)nc3)n[nH]2)C1. The number of rotatable bonds is 7. The Morgan fingerprint density at radius 3 is 2.89 bits per heavy atom. The number of alkyl carbamates (subject to hydrolysis) is 1. The van der Waals surface area contributed by atoms with Crippen molar-refractivity contribution in [3.63, 3.8) is 0 Å². The highest BCUT2D eigenvalue weighted by molar-refractivity contribution is 5.91. The summed E-state index contributed by atoms with van der Waals surface area (Å²) in [6, 6.07) is 5.35. The first kappa shape index (κ1) is 19.7. The van der Waals surface area contributed by atoms with Gasteiger partial charge < -0.3 is 20.1 Å². The maximum atomic E-state index is 12.2. The molecule has 2 aromatic heterocycles. The number of nitrogens with one attached hydrogen (secondary N) is 3. The Kier molecular flexibility index (Phi) is 6.46. The van der Waals surface area contributed by atoms with Gasteiger partial charge in [-0.15, -0.1) is 0 Å². The standard InChI is InChI=1S/C19H25N5O4/c1-3-20-19(26)28-14-6-5-13(9-14)15-10-16(24-23-15)22-17(25)8-12-4-7-18(27-2)21-11-12/h4,7,10-11,13-14H,3,5-6,8-9H2,1-2H3,(H,20,26)(H2,22,23,24,25)/t13-,14+/m0/s1. The van der Waals surface area contributed by atoms with Gasteiger partial charge in [0.15, 0.2) is 5.82 Å². The van der Waals surface area contributed by atoms with Crippen LogP contribution in [0.4, 0.5) is 10.6 Å². The van der Waals surface area contributed by atoms with Crippen LogP contribution in [0.15, 0.2) is 24.4 Å². The number of methoxy groups -OCH3 is 1. The Morgan fingerprint density at radius 1 is 1.32 bits per heavy atom. The average molecular weight is 387 g/mol. The zero-order valence-electron chi connectivity index (χ0n) is 16.0. The van der Waals surface area contributed by atoms with E-state index in [0.29, 0.717) is 18.2 Å². The highest BCUT2D eigenvalue weighted by Gasteiger charge is 2.29. The summed E-state index contributed by atoms with van der Waals surface area (Å²) in [5.41, 5.74) is 1.72. The Hall–Kier alpha value is -3.10. The number of carbonyl (C=O) groups excluding carboxylic acids is 2. The van der Waals surface area contributed by atoms with Crippen molar-refractivity contribution in [2.45, 2.75) is 44.6 Å². The van der Waals surface area contributed by atoms with Gasteiger partial charge in [0.1, 0.15) is 6.10 Å². The van der Waals surface area contributed by atoms with Crippen LogP contribution in [0, 0.1) is 0 Å². The molecular formula is C19H25N5O4. The smallest absolute Gasteiger partial charge is 0.407 e. The monoisotopic (exact) mass is 387 g/mol. The van der Waals surface area contributed by atoms with Gasteiger partial charge in [-0.25, -0.2) is 9.78 Å². The Labute approximate surface area is 163 Å².